The number of nitrogens with one attached hydrogen (secondary N) is 1. The Labute approximate surface area is 119 Å². The van der Waals surface area contributed by atoms with Crippen LogP contribution in [0.4, 0.5) is 10.8 Å². The van der Waals surface area contributed by atoms with E-state index in [-0.39, 0.29) is 11.7 Å². The van der Waals surface area contributed by atoms with Gasteiger partial charge in [-0.05, 0) is 38.1 Å². The highest BCUT2D eigenvalue weighted by molar-refractivity contribution is 7.15. The third-order valence-electron chi connectivity index (χ3n) is 3.01. The van der Waals surface area contributed by atoms with Gasteiger partial charge in [-0.2, -0.15) is 0 Å². The number of carbonyl (C=O) groups is 1. The number of carbonyl (C=O) groups excluding carboxylic acids is 1. The highest BCUT2D eigenvalue weighted by Gasteiger charge is 2.14. The molecule has 0 aliphatic rings. The first-order chi connectivity index (χ1) is 9.52. The van der Waals surface area contributed by atoms with Crippen molar-refractivity contribution in [3.63, 3.8) is 0 Å². The first-order valence-electron chi connectivity index (χ1n) is 6.07. The van der Waals surface area contributed by atoms with Gasteiger partial charge in [0.2, 0.25) is 0 Å². The van der Waals surface area contributed by atoms with E-state index < -0.39 is 0 Å². The maximum absolute atomic E-state index is 12.1. The first kappa shape index (κ1) is 12.7. The lowest BCUT2D eigenvalue weighted by Crippen LogP contribution is -2.10. The van der Waals surface area contributed by atoms with Crippen LogP contribution in [0.1, 0.15) is 21.1 Å². The molecule has 0 unspecified atom stereocenters. The summed E-state index contributed by atoms with van der Waals surface area (Å²) in [5, 5.41) is 4.12. The molecule has 3 aromatic rings. The Kier molecular flexibility index (Phi) is 2.94. The number of nitrogens with two attached hydrogens (primary N) is 1. The zero-order valence-electron chi connectivity index (χ0n) is 11.1. The van der Waals surface area contributed by atoms with Crippen LogP contribution >= 0.6 is 11.3 Å². The van der Waals surface area contributed by atoms with Crippen molar-refractivity contribution in [3.8, 4) is 0 Å². The molecule has 6 heteroatoms. The fourth-order valence-electron chi connectivity index (χ4n) is 1.86. The van der Waals surface area contributed by atoms with Crippen LogP contribution in [0.25, 0.3) is 11.0 Å². The molecule has 2 heterocycles. The number of anilines is 2. The van der Waals surface area contributed by atoms with E-state index in [9.17, 15) is 4.79 Å². The number of hydrogen-bond acceptors (Lipinski definition) is 5. The van der Waals surface area contributed by atoms with Gasteiger partial charge in [0.15, 0.2) is 10.9 Å². The Morgan fingerprint density at radius 1 is 1.35 bits per heavy atom. The number of aromatic nitrogens is 1. The molecule has 0 radical (unpaired) electrons. The van der Waals surface area contributed by atoms with E-state index in [2.05, 4.69) is 10.3 Å². The summed E-state index contributed by atoms with van der Waals surface area (Å²) in [5.74, 6) is -0.0652. The molecule has 0 aliphatic carbocycles. The molecule has 0 bridgehead atoms. The first-order valence-corrected chi connectivity index (χ1v) is 6.89. The van der Waals surface area contributed by atoms with E-state index in [0.717, 1.165) is 16.0 Å². The minimum Gasteiger partial charge on any atom is -0.451 e. The molecule has 1 aromatic carbocycles. The van der Waals surface area contributed by atoms with Gasteiger partial charge in [0, 0.05) is 16.0 Å². The maximum Gasteiger partial charge on any atom is 0.293 e. The molecule has 5 nitrogen and oxygen atoms in total. The van der Waals surface area contributed by atoms with Crippen molar-refractivity contribution in [1.82, 2.24) is 4.98 Å². The van der Waals surface area contributed by atoms with Crippen LogP contribution in [-0.4, -0.2) is 10.9 Å². The number of nitrogen functional groups attached to an aromatic ring is 1. The minimum atomic E-state index is -0.312. The third-order valence-corrected chi connectivity index (χ3v) is 4.00. The Bertz CT molecular complexity index is 784. The number of nitrogens with zero attached hydrogens (tertiary/aromatic N) is 1. The van der Waals surface area contributed by atoms with Crippen molar-refractivity contribution < 1.29 is 9.21 Å². The predicted octanol–water partition coefficient (Wildman–Crippen LogP) is 3.34. The molecule has 1 amide bonds. The lowest BCUT2D eigenvalue weighted by Gasteiger charge is -1.96. The van der Waals surface area contributed by atoms with Gasteiger partial charge in [-0.3, -0.25) is 10.1 Å². The lowest BCUT2D eigenvalue weighted by molar-refractivity contribution is 0.0998. The van der Waals surface area contributed by atoms with Crippen molar-refractivity contribution in [2.45, 2.75) is 13.8 Å². The molecule has 3 rings (SSSR count). The predicted molar refractivity (Wildman–Crippen MR) is 80.2 cm³/mol. The van der Waals surface area contributed by atoms with Gasteiger partial charge in [0.25, 0.3) is 5.91 Å². The van der Waals surface area contributed by atoms with Gasteiger partial charge >= 0.3 is 0 Å². The summed E-state index contributed by atoms with van der Waals surface area (Å²) < 4.78 is 5.50. The number of thiazole rings is 1. The van der Waals surface area contributed by atoms with Gasteiger partial charge in [-0.1, -0.05) is 0 Å². The van der Waals surface area contributed by atoms with Gasteiger partial charge < -0.3 is 10.2 Å². The lowest BCUT2D eigenvalue weighted by atomic mass is 10.2. The molecule has 102 valence electrons. The van der Waals surface area contributed by atoms with Gasteiger partial charge in [0.05, 0.1) is 5.69 Å². The molecule has 0 saturated carbocycles. The fraction of sp³-hybridized carbons (Fsp3) is 0.143. The summed E-state index contributed by atoms with van der Waals surface area (Å²) in [6.07, 6.45) is 0. The normalized spacial score (nSPS) is 10.9. The summed E-state index contributed by atoms with van der Waals surface area (Å²) in [6, 6.07) is 6.93. The topological polar surface area (TPSA) is 81.2 Å². The summed E-state index contributed by atoms with van der Waals surface area (Å²) >= 11 is 1.44. The fourth-order valence-corrected chi connectivity index (χ4v) is 2.67. The Morgan fingerprint density at radius 2 is 2.15 bits per heavy atom. The number of hydrogen-bond donors (Lipinski definition) is 2. The molecular weight excluding hydrogens is 274 g/mol. The van der Waals surface area contributed by atoms with E-state index in [1.807, 2.05) is 13.8 Å². The second kappa shape index (κ2) is 4.64. The largest absolute Gasteiger partial charge is 0.451 e. The van der Waals surface area contributed by atoms with E-state index in [1.165, 1.54) is 11.3 Å². The van der Waals surface area contributed by atoms with Crippen LogP contribution in [0.3, 0.4) is 0 Å². The van der Waals surface area contributed by atoms with Crippen molar-refractivity contribution in [2.24, 2.45) is 0 Å². The SMILES string of the molecule is Cc1nc(NC(=O)c2cc3cc(N)ccc3o2)sc1C. The van der Waals surface area contributed by atoms with Crippen molar-refractivity contribution in [1.29, 1.82) is 0 Å². The zero-order chi connectivity index (χ0) is 14.3. The summed E-state index contributed by atoms with van der Waals surface area (Å²) in [5.41, 5.74) is 7.89. The summed E-state index contributed by atoms with van der Waals surface area (Å²) in [7, 11) is 0. The van der Waals surface area contributed by atoms with E-state index in [1.54, 1.807) is 24.3 Å². The number of furan rings is 1. The van der Waals surface area contributed by atoms with E-state index >= 15 is 0 Å². The number of aryl methyl sites for hydroxylation is 2. The van der Waals surface area contributed by atoms with Crippen molar-refractivity contribution >= 4 is 39.0 Å². The average Bonchev–Trinajstić information content (AvgIpc) is 2.93. The van der Waals surface area contributed by atoms with Crippen LogP contribution in [0, 0.1) is 13.8 Å². The van der Waals surface area contributed by atoms with Crippen molar-refractivity contribution in [3.05, 3.63) is 40.6 Å². The summed E-state index contributed by atoms with van der Waals surface area (Å²) in [6.45, 7) is 3.87. The minimum absolute atomic E-state index is 0.246. The van der Waals surface area contributed by atoms with E-state index in [0.29, 0.717) is 16.4 Å². The molecule has 20 heavy (non-hydrogen) atoms. The average molecular weight is 287 g/mol. The van der Waals surface area contributed by atoms with Gasteiger partial charge in [0.1, 0.15) is 5.58 Å². The maximum atomic E-state index is 12.1. The second-order valence-electron chi connectivity index (χ2n) is 4.52. The Hall–Kier alpha value is -2.34. The van der Waals surface area contributed by atoms with Crippen LogP contribution in [-0.2, 0) is 0 Å². The number of amides is 1. The molecular formula is C14H13N3O2S. The Balaban J connectivity index is 1.88. The smallest absolute Gasteiger partial charge is 0.293 e. The van der Waals surface area contributed by atoms with Crippen LogP contribution in [0.2, 0.25) is 0 Å². The molecule has 0 atom stereocenters. The highest BCUT2D eigenvalue weighted by atomic mass is 32.1. The number of benzene rings is 1. The summed E-state index contributed by atoms with van der Waals surface area (Å²) in [4.78, 5) is 17.5. The van der Waals surface area contributed by atoms with Crippen LogP contribution in [0.15, 0.2) is 28.7 Å². The second-order valence-corrected chi connectivity index (χ2v) is 5.73. The molecule has 0 aliphatic heterocycles. The molecule has 0 spiro atoms. The van der Waals surface area contributed by atoms with E-state index in [4.69, 9.17) is 10.2 Å². The zero-order valence-corrected chi connectivity index (χ0v) is 11.9. The Morgan fingerprint density at radius 3 is 2.85 bits per heavy atom. The number of rotatable bonds is 2. The molecule has 0 saturated heterocycles. The van der Waals surface area contributed by atoms with Crippen molar-refractivity contribution in [2.75, 3.05) is 11.1 Å². The van der Waals surface area contributed by atoms with Crippen LogP contribution in [0.5, 0.6) is 0 Å². The van der Waals surface area contributed by atoms with Crippen LogP contribution < -0.4 is 11.1 Å². The van der Waals surface area contributed by atoms with Gasteiger partial charge in [-0.25, -0.2) is 4.98 Å². The highest BCUT2D eigenvalue weighted by Crippen LogP contribution is 2.24. The van der Waals surface area contributed by atoms with Gasteiger partial charge in [-0.15, -0.1) is 11.3 Å². The monoisotopic (exact) mass is 287 g/mol. The molecule has 2 aromatic heterocycles. The third kappa shape index (κ3) is 2.25. The molecule has 3 N–H and O–H groups in total. The standard InChI is InChI=1S/C14H13N3O2S/c1-7-8(2)20-14(16-7)17-13(18)12-6-9-5-10(15)3-4-11(9)19-12/h3-6H,15H2,1-2H3,(H,16,17,18). The number of fused-ring (bicyclic) bond motifs is 1. The molecule has 0 fully saturated rings. The quantitative estimate of drug-likeness (QED) is 0.708.